The SMILES string of the molecule is Cc1nnc(SCc2ccccc2C#N)[nH]c1=O. The Labute approximate surface area is 108 Å². The van der Waals surface area contributed by atoms with Crippen molar-refractivity contribution in [1.29, 1.82) is 5.26 Å². The van der Waals surface area contributed by atoms with Gasteiger partial charge in [-0.05, 0) is 18.6 Å². The van der Waals surface area contributed by atoms with Gasteiger partial charge in [0.1, 0.15) is 5.69 Å². The van der Waals surface area contributed by atoms with Gasteiger partial charge in [0.05, 0.1) is 11.6 Å². The molecule has 18 heavy (non-hydrogen) atoms. The van der Waals surface area contributed by atoms with Crippen LogP contribution in [0.15, 0.2) is 34.2 Å². The van der Waals surface area contributed by atoms with Gasteiger partial charge in [0, 0.05) is 5.75 Å². The van der Waals surface area contributed by atoms with Crippen LogP contribution in [-0.2, 0) is 5.75 Å². The molecule has 5 nitrogen and oxygen atoms in total. The Balaban J connectivity index is 2.14. The molecule has 2 rings (SSSR count). The van der Waals surface area contributed by atoms with E-state index in [0.29, 0.717) is 22.2 Å². The molecule has 1 heterocycles. The molecule has 0 radical (unpaired) electrons. The first-order valence-corrected chi connectivity index (χ1v) is 6.23. The highest BCUT2D eigenvalue weighted by molar-refractivity contribution is 7.98. The maximum absolute atomic E-state index is 11.4. The van der Waals surface area contributed by atoms with Gasteiger partial charge in [-0.1, -0.05) is 30.0 Å². The standard InChI is InChI=1S/C12H10N4OS/c1-8-11(17)14-12(16-15-8)18-7-10-5-3-2-4-9(10)6-13/h2-5H,7H2,1H3,(H,14,16,17). The zero-order chi connectivity index (χ0) is 13.0. The first-order chi connectivity index (χ1) is 8.70. The van der Waals surface area contributed by atoms with Crippen LogP contribution in [0, 0.1) is 18.3 Å². The molecule has 1 N–H and O–H groups in total. The van der Waals surface area contributed by atoms with Crippen LogP contribution in [0.2, 0.25) is 0 Å². The lowest BCUT2D eigenvalue weighted by molar-refractivity contribution is 0.789. The quantitative estimate of drug-likeness (QED) is 0.846. The van der Waals surface area contributed by atoms with Crippen molar-refractivity contribution in [3.05, 3.63) is 51.4 Å². The van der Waals surface area contributed by atoms with E-state index in [1.165, 1.54) is 11.8 Å². The summed E-state index contributed by atoms with van der Waals surface area (Å²) in [5, 5.41) is 17.0. The molecule has 0 amide bonds. The molecule has 1 aromatic carbocycles. The number of rotatable bonds is 3. The minimum atomic E-state index is -0.235. The monoisotopic (exact) mass is 258 g/mol. The van der Waals surface area contributed by atoms with E-state index in [1.807, 2.05) is 18.2 Å². The van der Waals surface area contributed by atoms with Crippen LogP contribution in [0.4, 0.5) is 0 Å². The zero-order valence-corrected chi connectivity index (χ0v) is 10.5. The van der Waals surface area contributed by atoms with Crippen molar-refractivity contribution in [2.75, 3.05) is 0 Å². The van der Waals surface area contributed by atoms with Gasteiger partial charge >= 0.3 is 0 Å². The molecular formula is C12H10N4OS. The third-order valence-corrected chi connectivity index (χ3v) is 3.25. The number of hydrogen-bond donors (Lipinski definition) is 1. The van der Waals surface area contributed by atoms with Gasteiger partial charge in [-0.3, -0.25) is 9.78 Å². The average Bonchev–Trinajstić information content (AvgIpc) is 2.40. The normalized spacial score (nSPS) is 10.0. The number of benzene rings is 1. The zero-order valence-electron chi connectivity index (χ0n) is 9.67. The van der Waals surface area contributed by atoms with Gasteiger partial charge in [0.15, 0.2) is 5.16 Å². The van der Waals surface area contributed by atoms with E-state index in [-0.39, 0.29) is 5.56 Å². The summed E-state index contributed by atoms with van der Waals surface area (Å²) in [7, 11) is 0. The van der Waals surface area contributed by atoms with Gasteiger partial charge in [-0.25, -0.2) is 0 Å². The predicted molar refractivity (Wildman–Crippen MR) is 68.1 cm³/mol. The molecule has 2 aromatic rings. The Hall–Kier alpha value is -2.13. The van der Waals surface area contributed by atoms with Crippen molar-refractivity contribution in [1.82, 2.24) is 15.2 Å². The Kier molecular flexibility index (Phi) is 3.75. The second kappa shape index (κ2) is 5.47. The van der Waals surface area contributed by atoms with E-state index in [4.69, 9.17) is 5.26 Å². The number of thioether (sulfide) groups is 1. The van der Waals surface area contributed by atoms with Crippen molar-refractivity contribution in [2.24, 2.45) is 0 Å². The first-order valence-electron chi connectivity index (χ1n) is 5.25. The first kappa shape index (κ1) is 12.3. The van der Waals surface area contributed by atoms with Crippen LogP contribution in [0.25, 0.3) is 0 Å². The fraction of sp³-hybridized carbons (Fsp3) is 0.167. The number of H-pyrrole nitrogens is 1. The second-order valence-corrected chi connectivity index (χ2v) is 4.57. The lowest BCUT2D eigenvalue weighted by Gasteiger charge is -2.02. The fourth-order valence-electron chi connectivity index (χ4n) is 1.34. The molecule has 0 saturated heterocycles. The summed E-state index contributed by atoms with van der Waals surface area (Å²) >= 11 is 1.35. The highest BCUT2D eigenvalue weighted by atomic mass is 32.2. The summed E-state index contributed by atoms with van der Waals surface area (Å²) in [6, 6.07) is 9.47. The van der Waals surface area contributed by atoms with Crippen LogP contribution in [0.1, 0.15) is 16.8 Å². The summed E-state index contributed by atoms with van der Waals surface area (Å²) in [4.78, 5) is 14.0. The van der Waals surface area contributed by atoms with Crippen LogP contribution in [0.5, 0.6) is 0 Å². The Bertz CT molecular complexity index is 660. The highest BCUT2D eigenvalue weighted by Gasteiger charge is 2.04. The van der Waals surface area contributed by atoms with E-state index >= 15 is 0 Å². The van der Waals surface area contributed by atoms with Crippen LogP contribution in [0.3, 0.4) is 0 Å². The summed E-state index contributed by atoms with van der Waals surface area (Å²) in [6.07, 6.45) is 0. The molecule has 0 fully saturated rings. The lowest BCUT2D eigenvalue weighted by atomic mass is 10.1. The second-order valence-electron chi connectivity index (χ2n) is 3.60. The van der Waals surface area contributed by atoms with E-state index < -0.39 is 0 Å². The number of aryl methyl sites for hydroxylation is 1. The average molecular weight is 258 g/mol. The van der Waals surface area contributed by atoms with E-state index in [1.54, 1.807) is 13.0 Å². The smallest absolute Gasteiger partial charge is 0.273 e. The molecule has 0 atom stereocenters. The molecule has 0 bridgehead atoms. The number of nitrogens with one attached hydrogen (secondary N) is 1. The Morgan fingerprint density at radius 3 is 2.89 bits per heavy atom. The number of nitriles is 1. The molecule has 90 valence electrons. The van der Waals surface area contributed by atoms with Gasteiger partial charge in [-0.15, -0.1) is 10.2 Å². The van der Waals surface area contributed by atoms with E-state index in [9.17, 15) is 4.79 Å². The molecule has 0 spiro atoms. The third kappa shape index (κ3) is 2.76. The summed E-state index contributed by atoms with van der Waals surface area (Å²) < 4.78 is 0. The van der Waals surface area contributed by atoms with Crippen LogP contribution < -0.4 is 5.56 Å². The Morgan fingerprint density at radius 1 is 1.39 bits per heavy atom. The molecule has 6 heteroatoms. The van der Waals surface area contributed by atoms with Gasteiger partial charge in [0.2, 0.25) is 0 Å². The molecule has 0 saturated carbocycles. The number of hydrogen-bond acceptors (Lipinski definition) is 5. The van der Waals surface area contributed by atoms with Crippen molar-refractivity contribution in [3.63, 3.8) is 0 Å². The molecule has 1 aromatic heterocycles. The molecule has 0 aliphatic rings. The molecule has 0 aliphatic heterocycles. The summed E-state index contributed by atoms with van der Waals surface area (Å²) in [5.41, 5.74) is 1.65. The van der Waals surface area contributed by atoms with Crippen molar-refractivity contribution >= 4 is 11.8 Å². The van der Waals surface area contributed by atoms with Gasteiger partial charge in [0.25, 0.3) is 5.56 Å². The van der Waals surface area contributed by atoms with Crippen molar-refractivity contribution in [2.45, 2.75) is 17.8 Å². The maximum Gasteiger partial charge on any atom is 0.273 e. The van der Waals surface area contributed by atoms with Crippen LogP contribution >= 0.6 is 11.8 Å². The third-order valence-electron chi connectivity index (χ3n) is 2.34. The number of aromatic amines is 1. The van der Waals surface area contributed by atoms with Gasteiger partial charge < -0.3 is 0 Å². The topological polar surface area (TPSA) is 82.4 Å². The van der Waals surface area contributed by atoms with Gasteiger partial charge in [-0.2, -0.15) is 5.26 Å². The van der Waals surface area contributed by atoms with Crippen LogP contribution in [-0.4, -0.2) is 15.2 Å². The molecule has 0 unspecified atom stereocenters. The fourth-order valence-corrected chi connectivity index (χ4v) is 2.15. The molecular weight excluding hydrogens is 248 g/mol. The molecule has 0 aliphatic carbocycles. The number of nitrogens with zero attached hydrogens (tertiary/aromatic N) is 3. The van der Waals surface area contributed by atoms with E-state index in [2.05, 4.69) is 21.3 Å². The van der Waals surface area contributed by atoms with Crippen molar-refractivity contribution < 1.29 is 0 Å². The van der Waals surface area contributed by atoms with E-state index in [0.717, 1.165) is 5.56 Å². The highest BCUT2D eigenvalue weighted by Crippen LogP contribution is 2.19. The van der Waals surface area contributed by atoms with Crippen molar-refractivity contribution in [3.8, 4) is 6.07 Å². The lowest BCUT2D eigenvalue weighted by Crippen LogP contribution is -2.14. The maximum atomic E-state index is 11.4. The number of aromatic nitrogens is 3. The Morgan fingerprint density at radius 2 is 2.17 bits per heavy atom. The summed E-state index contributed by atoms with van der Waals surface area (Å²) in [5.74, 6) is 0.567. The summed E-state index contributed by atoms with van der Waals surface area (Å²) in [6.45, 7) is 1.60. The minimum Gasteiger partial charge on any atom is -0.298 e. The predicted octanol–water partition coefficient (Wildman–Crippen LogP) is 1.64. The largest absolute Gasteiger partial charge is 0.298 e. The minimum absolute atomic E-state index is 0.235.